The third kappa shape index (κ3) is 1.89. The minimum absolute atomic E-state index is 0.172. The lowest BCUT2D eigenvalue weighted by Crippen LogP contribution is -2.54. The fourth-order valence-corrected chi connectivity index (χ4v) is 6.38. The molecule has 0 amide bonds. The standard InChI is InChI=1S/C21H26O2/c1-3-20-11-9-17-16-8-6-15(22)13-14(16)5-7-18(17)19(20)10-12-21(20,23)4-2/h2,10,12-13,16-19,23H,3,5-9,11H2,1H3/t16-,17-,18+,19+,20-,21-/m1/s1. The largest absolute Gasteiger partial charge is 0.373 e. The molecule has 2 heteroatoms. The monoisotopic (exact) mass is 310 g/mol. The van der Waals surface area contributed by atoms with E-state index in [9.17, 15) is 9.90 Å². The highest BCUT2D eigenvalue weighted by Crippen LogP contribution is 2.63. The van der Waals surface area contributed by atoms with Crippen LogP contribution in [0.25, 0.3) is 0 Å². The zero-order chi connectivity index (χ0) is 16.2. The quantitative estimate of drug-likeness (QED) is 0.593. The van der Waals surface area contributed by atoms with Crippen LogP contribution in [-0.2, 0) is 4.79 Å². The highest BCUT2D eigenvalue weighted by atomic mass is 16.3. The van der Waals surface area contributed by atoms with Gasteiger partial charge >= 0.3 is 0 Å². The molecule has 4 rings (SSSR count). The molecule has 0 unspecified atom stereocenters. The van der Waals surface area contributed by atoms with Crippen molar-refractivity contribution in [1.29, 1.82) is 0 Å². The second-order valence-electron chi connectivity index (χ2n) is 8.04. The Hall–Kier alpha value is -1.33. The summed E-state index contributed by atoms with van der Waals surface area (Å²) in [4.78, 5) is 11.7. The first-order valence-corrected chi connectivity index (χ1v) is 9.17. The van der Waals surface area contributed by atoms with Gasteiger partial charge in [0.2, 0.25) is 0 Å². The van der Waals surface area contributed by atoms with Gasteiger partial charge in [-0.2, -0.15) is 0 Å². The van der Waals surface area contributed by atoms with Crippen LogP contribution in [0.5, 0.6) is 0 Å². The van der Waals surface area contributed by atoms with E-state index in [-0.39, 0.29) is 5.41 Å². The normalized spacial score (nSPS) is 48.0. The summed E-state index contributed by atoms with van der Waals surface area (Å²) < 4.78 is 0. The third-order valence-electron chi connectivity index (χ3n) is 7.54. The number of aliphatic hydroxyl groups is 1. The molecule has 0 bridgehead atoms. The van der Waals surface area contributed by atoms with E-state index in [0.717, 1.165) is 38.5 Å². The molecule has 1 N–H and O–H groups in total. The molecule has 23 heavy (non-hydrogen) atoms. The van der Waals surface area contributed by atoms with E-state index in [1.807, 2.05) is 12.2 Å². The summed E-state index contributed by atoms with van der Waals surface area (Å²) in [7, 11) is 0. The van der Waals surface area contributed by atoms with Crippen LogP contribution >= 0.6 is 0 Å². The molecular formula is C21H26O2. The second kappa shape index (κ2) is 5.08. The number of hydrogen-bond donors (Lipinski definition) is 1. The summed E-state index contributed by atoms with van der Waals surface area (Å²) in [5, 5.41) is 11.0. The summed E-state index contributed by atoms with van der Waals surface area (Å²) in [5.41, 5.74) is 0.158. The van der Waals surface area contributed by atoms with Crippen molar-refractivity contribution in [3.8, 4) is 12.3 Å². The molecule has 0 radical (unpaired) electrons. The number of hydrogen-bond acceptors (Lipinski definition) is 2. The van der Waals surface area contributed by atoms with E-state index < -0.39 is 5.60 Å². The van der Waals surface area contributed by atoms with Gasteiger partial charge in [0.15, 0.2) is 5.78 Å². The van der Waals surface area contributed by atoms with E-state index in [2.05, 4.69) is 18.9 Å². The van der Waals surface area contributed by atoms with Gasteiger partial charge in [0, 0.05) is 11.8 Å². The predicted octanol–water partition coefficient (Wildman–Crippen LogP) is 3.66. The minimum atomic E-state index is -1.07. The van der Waals surface area contributed by atoms with Crippen LogP contribution in [-0.4, -0.2) is 16.5 Å². The fourth-order valence-electron chi connectivity index (χ4n) is 6.38. The number of carbonyl (C=O) groups excluding carboxylic acids is 1. The molecule has 2 nitrogen and oxygen atoms in total. The molecular weight excluding hydrogens is 284 g/mol. The maximum absolute atomic E-state index is 11.7. The summed E-state index contributed by atoms with van der Waals surface area (Å²) >= 11 is 0. The molecule has 0 spiro atoms. The number of terminal acetylenes is 1. The molecule has 0 aromatic heterocycles. The molecule has 0 aromatic carbocycles. The Bertz CT molecular complexity index is 637. The molecule has 0 heterocycles. The van der Waals surface area contributed by atoms with Crippen LogP contribution in [0.15, 0.2) is 23.8 Å². The number of allylic oxidation sites excluding steroid dienone is 3. The molecule has 6 atom stereocenters. The van der Waals surface area contributed by atoms with Gasteiger partial charge < -0.3 is 5.11 Å². The number of fused-ring (bicyclic) bond motifs is 5. The lowest BCUT2D eigenvalue weighted by atomic mass is 9.49. The van der Waals surface area contributed by atoms with Crippen LogP contribution in [0.2, 0.25) is 0 Å². The van der Waals surface area contributed by atoms with Crippen molar-refractivity contribution in [2.75, 3.05) is 0 Å². The lowest BCUT2D eigenvalue weighted by molar-refractivity contribution is -0.116. The SMILES string of the molecule is C#C[C@@]1(O)C=C[C@H]2[C@H]3CCC4=CC(=O)CC[C@H]4[C@H]3CC[C@]21CC. The Morgan fingerprint density at radius 1 is 1.30 bits per heavy atom. The Morgan fingerprint density at radius 3 is 2.87 bits per heavy atom. The van der Waals surface area contributed by atoms with Gasteiger partial charge in [-0.05, 0) is 74.3 Å². The number of rotatable bonds is 1. The van der Waals surface area contributed by atoms with Crippen molar-refractivity contribution in [3.05, 3.63) is 23.8 Å². The van der Waals surface area contributed by atoms with Gasteiger partial charge in [0.25, 0.3) is 0 Å². The van der Waals surface area contributed by atoms with Gasteiger partial charge in [0.1, 0.15) is 5.60 Å². The average Bonchev–Trinajstić information content (AvgIpc) is 2.88. The summed E-state index contributed by atoms with van der Waals surface area (Å²) in [6.45, 7) is 2.18. The fraction of sp³-hybridized carbons (Fsp3) is 0.667. The molecule has 0 aliphatic heterocycles. The lowest BCUT2D eigenvalue weighted by Gasteiger charge is -2.55. The highest BCUT2D eigenvalue weighted by Gasteiger charge is 2.61. The van der Waals surface area contributed by atoms with E-state index in [4.69, 9.17) is 6.42 Å². The van der Waals surface area contributed by atoms with Gasteiger partial charge in [-0.3, -0.25) is 4.79 Å². The van der Waals surface area contributed by atoms with Crippen molar-refractivity contribution in [2.45, 2.75) is 57.5 Å². The van der Waals surface area contributed by atoms with Crippen molar-refractivity contribution < 1.29 is 9.90 Å². The summed E-state index contributed by atoms with van der Waals surface area (Å²) in [6.07, 6.45) is 18.8. The predicted molar refractivity (Wildman–Crippen MR) is 90.4 cm³/mol. The maximum atomic E-state index is 11.7. The second-order valence-corrected chi connectivity index (χ2v) is 8.04. The zero-order valence-corrected chi connectivity index (χ0v) is 13.9. The maximum Gasteiger partial charge on any atom is 0.155 e. The topological polar surface area (TPSA) is 37.3 Å². The highest BCUT2D eigenvalue weighted by molar-refractivity contribution is 5.91. The van der Waals surface area contributed by atoms with Crippen LogP contribution in [0.3, 0.4) is 0 Å². The van der Waals surface area contributed by atoms with E-state index in [0.29, 0.717) is 35.9 Å². The molecule has 122 valence electrons. The molecule has 4 aliphatic rings. The average molecular weight is 310 g/mol. The van der Waals surface area contributed by atoms with Crippen molar-refractivity contribution in [3.63, 3.8) is 0 Å². The van der Waals surface area contributed by atoms with Gasteiger partial charge in [-0.15, -0.1) is 6.42 Å². The van der Waals surface area contributed by atoms with Gasteiger partial charge in [-0.25, -0.2) is 0 Å². The Morgan fingerprint density at radius 2 is 2.13 bits per heavy atom. The van der Waals surface area contributed by atoms with E-state index in [1.54, 1.807) is 0 Å². The van der Waals surface area contributed by atoms with Crippen molar-refractivity contribution >= 4 is 5.78 Å². The minimum Gasteiger partial charge on any atom is -0.373 e. The van der Waals surface area contributed by atoms with Crippen molar-refractivity contribution in [2.24, 2.45) is 29.1 Å². The van der Waals surface area contributed by atoms with Crippen LogP contribution in [0, 0.1) is 41.4 Å². The molecule has 4 aliphatic carbocycles. The Labute approximate surface area is 139 Å². The first kappa shape index (κ1) is 15.2. The smallest absolute Gasteiger partial charge is 0.155 e. The summed E-state index contributed by atoms with van der Waals surface area (Å²) in [5.74, 6) is 5.28. The van der Waals surface area contributed by atoms with E-state index >= 15 is 0 Å². The van der Waals surface area contributed by atoms with Gasteiger partial charge in [-0.1, -0.05) is 24.5 Å². The third-order valence-corrected chi connectivity index (χ3v) is 7.54. The first-order chi connectivity index (χ1) is 11.0. The van der Waals surface area contributed by atoms with Gasteiger partial charge in [0.05, 0.1) is 0 Å². The van der Waals surface area contributed by atoms with E-state index in [1.165, 1.54) is 5.57 Å². The summed E-state index contributed by atoms with van der Waals surface area (Å²) in [6, 6.07) is 0. The van der Waals surface area contributed by atoms with Crippen molar-refractivity contribution in [1.82, 2.24) is 0 Å². The molecule has 0 saturated heterocycles. The van der Waals surface area contributed by atoms with Crippen LogP contribution < -0.4 is 0 Å². The Kier molecular flexibility index (Phi) is 3.36. The molecule has 2 saturated carbocycles. The number of carbonyl (C=O) groups is 1. The zero-order valence-electron chi connectivity index (χ0n) is 13.9. The number of ketones is 1. The van der Waals surface area contributed by atoms with Crippen LogP contribution in [0.4, 0.5) is 0 Å². The molecule has 0 aromatic rings. The van der Waals surface area contributed by atoms with Crippen LogP contribution in [0.1, 0.15) is 51.9 Å². The Balaban J connectivity index is 1.69. The first-order valence-electron chi connectivity index (χ1n) is 9.17. The molecule has 2 fully saturated rings.